The van der Waals surface area contributed by atoms with Crippen molar-refractivity contribution in [2.45, 2.75) is 125 Å². The molecule has 5 rings (SSSR count). The van der Waals surface area contributed by atoms with Gasteiger partial charge in [0, 0.05) is 6.42 Å². The molecule has 0 bridgehead atoms. The molecule has 3 saturated carbocycles. The highest BCUT2D eigenvalue weighted by molar-refractivity contribution is 5.89. The molecule has 4 aliphatic carbocycles. The minimum absolute atomic E-state index is 0.00389. The number of fused-ring (bicyclic) bond motifs is 5. The van der Waals surface area contributed by atoms with Gasteiger partial charge < -0.3 is 9.47 Å². The number of hydrogen-bond acceptors (Lipinski definition) is 3. The predicted octanol–water partition coefficient (Wildman–Crippen LogP) is 10.0. The number of esters is 1. The molecule has 40 heavy (non-hydrogen) atoms. The lowest BCUT2D eigenvalue weighted by Gasteiger charge is -2.58. The van der Waals surface area contributed by atoms with Gasteiger partial charge in [0.15, 0.2) is 0 Å². The smallest absolute Gasteiger partial charge is 0.338 e. The van der Waals surface area contributed by atoms with Crippen LogP contribution in [0.3, 0.4) is 0 Å². The molecule has 3 heteroatoms. The van der Waals surface area contributed by atoms with E-state index in [1.54, 1.807) is 5.57 Å². The highest BCUT2D eigenvalue weighted by Gasteiger charge is 2.59. The van der Waals surface area contributed by atoms with Gasteiger partial charge in [-0.2, -0.15) is 0 Å². The van der Waals surface area contributed by atoms with Gasteiger partial charge in [0.05, 0.1) is 12.2 Å². The SMILES string of the molecule is CCCOc1ccc(C(=O)O[C@H]2CC[C@@]3(C)C(=CC[C@@H]4[C@H]5CC[C@@H]([C@@H](C)CCCC(C)C)[C@]5(C)CC[C@H]43)C2)cc1. The number of benzene rings is 1. The van der Waals surface area contributed by atoms with Crippen LogP contribution in [0.15, 0.2) is 35.9 Å². The fourth-order valence-corrected chi connectivity index (χ4v) is 9.88. The van der Waals surface area contributed by atoms with Gasteiger partial charge in [-0.3, -0.25) is 0 Å². The zero-order valence-electron chi connectivity index (χ0n) is 26.3. The molecule has 0 aromatic heterocycles. The molecule has 1 aromatic carbocycles. The second-order valence-corrected chi connectivity index (χ2v) is 14.9. The average molecular weight is 549 g/mol. The Morgan fingerprint density at radius 3 is 2.48 bits per heavy atom. The molecule has 0 heterocycles. The Kier molecular flexibility index (Phi) is 9.08. The van der Waals surface area contributed by atoms with E-state index in [0.717, 1.165) is 66.9 Å². The van der Waals surface area contributed by atoms with Crippen molar-refractivity contribution in [1.82, 2.24) is 0 Å². The Morgan fingerprint density at radius 2 is 1.75 bits per heavy atom. The van der Waals surface area contributed by atoms with Crippen LogP contribution in [0.5, 0.6) is 5.75 Å². The van der Waals surface area contributed by atoms with Crippen LogP contribution in [0, 0.1) is 46.3 Å². The van der Waals surface area contributed by atoms with Crippen molar-refractivity contribution in [3.8, 4) is 5.75 Å². The lowest BCUT2D eigenvalue weighted by molar-refractivity contribution is -0.0594. The molecular formula is C37H56O3. The largest absolute Gasteiger partial charge is 0.494 e. The third-order valence-electron chi connectivity index (χ3n) is 12.1. The van der Waals surface area contributed by atoms with Gasteiger partial charge in [-0.15, -0.1) is 0 Å². The molecule has 0 spiro atoms. The van der Waals surface area contributed by atoms with E-state index in [4.69, 9.17) is 9.47 Å². The fourth-order valence-electron chi connectivity index (χ4n) is 9.88. The van der Waals surface area contributed by atoms with Crippen LogP contribution in [-0.4, -0.2) is 18.7 Å². The first-order valence-electron chi connectivity index (χ1n) is 16.8. The summed E-state index contributed by atoms with van der Waals surface area (Å²) in [5.74, 6) is 5.74. The Morgan fingerprint density at radius 1 is 0.975 bits per heavy atom. The standard InChI is InChI=1S/C37H56O3/c1-7-23-39-29-14-11-27(12-15-29)35(38)40-30-19-21-36(5)28(24-30)13-16-31-33-18-17-32(26(4)10-8-9-25(2)3)37(33,6)22-20-34(31)36/h11-15,25-26,30-34H,7-10,16-24H2,1-6H3/t26-,30-,31+,32-,33+,34+,36-,37-/m0/s1. The first-order valence-corrected chi connectivity index (χ1v) is 16.8. The summed E-state index contributed by atoms with van der Waals surface area (Å²) in [7, 11) is 0. The van der Waals surface area contributed by atoms with Crippen LogP contribution in [0.4, 0.5) is 0 Å². The summed E-state index contributed by atoms with van der Waals surface area (Å²) in [6.45, 7) is 15.3. The van der Waals surface area contributed by atoms with Gasteiger partial charge in [-0.05, 0) is 122 Å². The molecule has 0 aliphatic heterocycles. The van der Waals surface area contributed by atoms with Gasteiger partial charge in [0.25, 0.3) is 0 Å². The maximum atomic E-state index is 13.0. The Hall–Kier alpha value is -1.77. The zero-order valence-corrected chi connectivity index (χ0v) is 26.3. The van der Waals surface area contributed by atoms with Crippen molar-refractivity contribution in [3.05, 3.63) is 41.5 Å². The lowest BCUT2D eigenvalue weighted by Crippen LogP contribution is -2.51. The summed E-state index contributed by atoms with van der Waals surface area (Å²) >= 11 is 0. The van der Waals surface area contributed by atoms with Crippen LogP contribution in [-0.2, 0) is 4.74 Å². The van der Waals surface area contributed by atoms with E-state index in [-0.39, 0.29) is 17.5 Å². The first-order chi connectivity index (χ1) is 19.2. The molecular weight excluding hydrogens is 492 g/mol. The van der Waals surface area contributed by atoms with Gasteiger partial charge in [-0.1, -0.05) is 72.5 Å². The molecule has 0 amide bonds. The summed E-state index contributed by atoms with van der Waals surface area (Å²) in [6.07, 6.45) is 17.8. The molecule has 3 nitrogen and oxygen atoms in total. The van der Waals surface area contributed by atoms with E-state index in [1.807, 2.05) is 24.3 Å². The van der Waals surface area contributed by atoms with Crippen LogP contribution in [0.2, 0.25) is 0 Å². The van der Waals surface area contributed by atoms with E-state index in [0.29, 0.717) is 17.6 Å². The quantitative estimate of drug-likeness (QED) is 0.215. The third kappa shape index (κ3) is 5.78. The number of hydrogen-bond donors (Lipinski definition) is 0. The number of carbonyl (C=O) groups excluding carboxylic acids is 1. The van der Waals surface area contributed by atoms with Crippen LogP contribution in [0.1, 0.15) is 129 Å². The average Bonchev–Trinajstić information content (AvgIpc) is 3.29. The molecule has 8 atom stereocenters. The predicted molar refractivity (Wildman–Crippen MR) is 164 cm³/mol. The van der Waals surface area contributed by atoms with E-state index in [1.165, 1.54) is 51.4 Å². The van der Waals surface area contributed by atoms with Crippen molar-refractivity contribution in [1.29, 1.82) is 0 Å². The highest BCUT2D eigenvalue weighted by atomic mass is 16.5. The topological polar surface area (TPSA) is 35.5 Å². The van der Waals surface area contributed by atoms with E-state index in [9.17, 15) is 4.79 Å². The summed E-state index contributed by atoms with van der Waals surface area (Å²) in [4.78, 5) is 13.0. The van der Waals surface area contributed by atoms with Gasteiger partial charge >= 0.3 is 5.97 Å². The molecule has 222 valence electrons. The van der Waals surface area contributed by atoms with Gasteiger partial charge in [0.1, 0.15) is 11.9 Å². The van der Waals surface area contributed by atoms with Crippen molar-refractivity contribution in [2.24, 2.45) is 46.3 Å². The minimum Gasteiger partial charge on any atom is -0.494 e. The van der Waals surface area contributed by atoms with Crippen molar-refractivity contribution in [3.63, 3.8) is 0 Å². The number of rotatable bonds is 10. The van der Waals surface area contributed by atoms with E-state index in [2.05, 4.69) is 47.6 Å². The molecule has 0 unspecified atom stereocenters. The first kappa shape index (κ1) is 29.7. The third-order valence-corrected chi connectivity index (χ3v) is 12.1. The Bertz CT molecular complexity index is 1040. The van der Waals surface area contributed by atoms with Gasteiger partial charge in [0.2, 0.25) is 0 Å². The summed E-state index contributed by atoms with van der Waals surface area (Å²) in [5, 5.41) is 0. The fraction of sp³-hybridized carbons (Fsp3) is 0.757. The monoisotopic (exact) mass is 548 g/mol. The minimum atomic E-state index is -0.196. The van der Waals surface area contributed by atoms with E-state index < -0.39 is 0 Å². The lowest BCUT2D eigenvalue weighted by atomic mass is 9.47. The molecule has 0 radical (unpaired) electrons. The zero-order chi connectivity index (χ0) is 28.5. The normalized spacial score (nSPS) is 35.8. The van der Waals surface area contributed by atoms with E-state index >= 15 is 0 Å². The molecule has 4 aliphatic rings. The molecule has 0 saturated heterocycles. The van der Waals surface area contributed by atoms with Crippen LogP contribution < -0.4 is 4.74 Å². The molecule has 1 aromatic rings. The highest BCUT2D eigenvalue weighted by Crippen LogP contribution is 2.67. The second-order valence-electron chi connectivity index (χ2n) is 14.9. The second kappa shape index (κ2) is 12.2. The van der Waals surface area contributed by atoms with Crippen LogP contribution >= 0.6 is 0 Å². The Labute approximate surface area is 244 Å². The summed E-state index contributed by atoms with van der Waals surface area (Å²) in [6, 6.07) is 7.43. The Balaban J connectivity index is 1.21. The van der Waals surface area contributed by atoms with Gasteiger partial charge in [-0.25, -0.2) is 4.79 Å². The summed E-state index contributed by atoms with van der Waals surface area (Å²) in [5.41, 5.74) is 3.02. The number of ether oxygens (including phenoxy) is 2. The van der Waals surface area contributed by atoms with Crippen LogP contribution in [0.25, 0.3) is 0 Å². The van der Waals surface area contributed by atoms with Crippen molar-refractivity contribution < 1.29 is 14.3 Å². The van der Waals surface area contributed by atoms with Crippen molar-refractivity contribution >= 4 is 5.97 Å². The van der Waals surface area contributed by atoms with Crippen molar-refractivity contribution in [2.75, 3.05) is 6.61 Å². The molecule has 0 N–H and O–H groups in total. The number of carbonyl (C=O) groups is 1. The summed E-state index contributed by atoms with van der Waals surface area (Å²) < 4.78 is 11.7. The maximum Gasteiger partial charge on any atom is 0.338 e. The maximum absolute atomic E-state index is 13.0. The molecule has 3 fully saturated rings. The number of allylic oxidation sites excluding steroid dienone is 1.